The van der Waals surface area contributed by atoms with Gasteiger partial charge in [0.1, 0.15) is 12.2 Å². The van der Waals surface area contributed by atoms with Gasteiger partial charge >= 0.3 is 5.97 Å². The number of hydrogen-bond donors (Lipinski definition) is 0. The van der Waals surface area contributed by atoms with Gasteiger partial charge in [0.2, 0.25) is 5.91 Å². The Balaban J connectivity index is 1.18. The minimum atomic E-state index is -0.592. The molecule has 0 aliphatic carbocycles. The van der Waals surface area contributed by atoms with Crippen LogP contribution in [0.5, 0.6) is 11.5 Å². The second-order valence-corrected chi connectivity index (χ2v) is 9.07. The van der Waals surface area contributed by atoms with Crippen molar-refractivity contribution in [3.8, 4) is 11.5 Å². The van der Waals surface area contributed by atoms with E-state index in [2.05, 4.69) is 0 Å². The van der Waals surface area contributed by atoms with Gasteiger partial charge < -0.3 is 19.1 Å². The number of hydrogen-bond acceptors (Lipinski definition) is 5. The number of carbonyl (C=O) groups excluding carboxylic acids is 2. The number of aryl methyl sites for hydroxylation is 1. The van der Waals surface area contributed by atoms with Gasteiger partial charge in [-0.1, -0.05) is 54.6 Å². The van der Waals surface area contributed by atoms with Gasteiger partial charge in [0.25, 0.3) is 0 Å². The van der Waals surface area contributed by atoms with E-state index in [1.165, 1.54) is 0 Å². The van der Waals surface area contributed by atoms with Crippen molar-refractivity contribution in [3.63, 3.8) is 0 Å². The van der Waals surface area contributed by atoms with Crippen LogP contribution in [0.2, 0.25) is 0 Å². The highest BCUT2D eigenvalue weighted by molar-refractivity contribution is 5.94. The van der Waals surface area contributed by atoms with Crippen LogP contribution in [-0.4, -0.2) is 37.0 Å². The number of piperidine rings is 1. The fourth-order valence-electron chi connectivity index (χ4n) is 4.97. The highest BCUT2D eigenvalue weighted by Crippen LogP contribution is 2.44. The molecule has 3 aromatic rings. The predicted octanol–water partition coefficient (Wildman–Crippen LogP) is 4.90. The molecule has 1 fully saturated rings. The molecule has 0 aromatic heterocycles. The third-order valence-electron chi connectivity index (χ3n) is 6.94. The molecule has 1 amide bonds. The molecule has 0 unspecified atom stereocenters. The first kappa shape index (κ1) is 23.0. The normalized spacial score (nSPS) is 16.0. The van der Waals surface area contributed by atoms with Crippen molar-refractivity contribution in [1.29, 1.82) is 0 Å². The Labute approximate surface area is 205 Å². The smallest absolute Gasteiger partial charge is 0.339 e. The molecule has 6 heteroatoms. The van der Waals surface area contributed by atoms with Crippen molar-refractivity contribution in [2.45, 2.75) is 37.9 Å². The largest absolute Gasteiger partial charge is 0.493 e. The summed E-state index contributed by atoms with van der Waals surface area (Å²) in [6.07, 6.45) is 2.28. The molecule has 180 valence electrons. The summed E-state index contributed by atoms with van der Waals surface area (Å²) in [5.74, 6) is 1.19. The van der Waals surface area contributed by atoms with Gasteiger partial charge in [-0.05, 0) is 35.7 Å². The van der Waals surface area contributed by atoms with Gasteiger partial charge in [-0.2, -0.15) is 0 Å². The van der Waals surface area contributed by atoms with Crippen molar-refractivity contribution >= 4 is 11.9 Å². The molecule has 2 aliphatic heterocycles. The fourth-order valence-corrected chi connectivity index (χ4v) is 4.97. The summed E-state index contributed by atoms with van der Waals surface area (Å²) in [5, 5.41) is 0. The van der Waals surface area contributed by atoms with Gasteiger partial charge in [-0.15, -0.1) is 0 Å². The second-order valence-electron chi connectivity index (χ2n) is 9.07. The highest BCUT2D eigenvalue weighted by Gasteiger charge is 2.47. The Morgan fingerprint density at radius 2 is 1.69 bits per heavy atom. The predicted molar refractivity (Wildman–Crippen MR) is 131 cm³/mol. The van der Waals surface area contributed by atoms with Crippen LogP contribution in [0.15, 0.2) is 72.8 Å². The van der Waals surface area contributed by atoms with Gasteiger partial charge in [0.05, 0.1) is 12.7 Å². The number of methoxy groups -OCH3 is 1. The number of rotatable bonds is 7. The lowest BCUT2D eigenvalue weighted by Gasteiger charge is -2.38. The summed E-state index contributed by atoms with van der Waals surface area (Å²) in [6.45, 7) is 1.60. The molecule has 0 atom stereocenters. The number of amides is 1. The third-order valence-corrected chi connectivity index (χ3v) is 6.94. The van der Waals surface area contributed by atoms with E-state index in [1.54, 1.807) is 7.11 Å². The van der Waals surface area contributed by atoms with E-state index in [9.17, 15) is 9.59 Å². The first-order chi connectivity index (χ1) is 17.1. The molecule has 0 N–H and O–H groups in total. The molecule has 0 saturated carbocycles. The number of esters is 1. The van der Waals surface area contributed by atoms with E-state index in [1.807, 2.05) is 77.7 Å². The van der Waals surface area contributed by atoms with Crippen molar-refractivity contribution in [2.75, 3.05) is 20.2 Å². The lowest BCUT2D eigenvalue weighted by Crippen LogP contribution is -2.45. The Kier molecular flexibility index (Phi) is 6.45. The molecule has 0 bridgehead atoms. The van der Waals surface area contributed by atoms with Crippen LogP contribution in [0, 0.1) is 0 Å². The zero-order valence-electron chi connectivity index (χ0n) is 19.9. The zero-order chi connectivity index (χ0) is 24.3. The minimum absolute atomic E-state index is 0.111. The second kappa shape index (κ2) is 9.82. The first-order valence-corrected chi connectivity index (χ1v) is 12.0. The molecule has 0 radical (unpaired) electrons. The summed E-state index contributed by atoms with van der Waals surface area (Å²) in [5.41, 5.74) is 3.11. The van der Waals surface area contributed by atoms with Crippen LogP contribution in [0.4, 0.5) is 0 Å². The summed E-state index contributed by atoms with van der Waals surface area (Å²) in [7, 11) is 1.62. The summed E-state index contributed by atoms with van der Waals surface area (Å²) in [4.78, 5) is 27.1. The number of carbonyl (C=O) groups is 2. The molecule has 35 heavy (non-hydrogen) atoms. The van der Waals surface area contributed by atoms with Crippen molar-refractivity contribution in [2.24, 2.45) is 0 Å². The number of likely N-dealkylation sites (tertiary alicyclic amines) is 1. The first-order valence-electron chi connectivity index (χ1n) is 12.0. The standard InChI is InChI=1S/C29H29NO5/c1-33-25-13-11-21(19-26(25)34-20-22-7-3-2-4-8-22)12-14-27(31)30-17-15-29(16-18-30)24-10-6-5-9-23(24)28(32)35-29/h2-11,13,19H,12,14-18,20H2,1H3. The Hall–Kier alpha value is -3.80. The van der Waals surface area contributed by atoms with Gasteiger partial charge in [0, 0.05) is 37.9 Å². The average Bonchev–Trinajstić information content (AvgIpc) is 3.18. The molecule has 6 nitrogen and oxygen atoms in total. The number of ether oxygens (including phenoxy) is 3. The van der Waals surface area contributed by atoms with Gasteiger partial charge in [0.15, 0.2) is 11.5 Å². The van der Waals surface area contributed by atoms with E-state index in [-0.39, 0.29) is 11.9 Å². The SMILES string of the molecule is COc1ccc(CCC(=O)N2CCC3(CC2)OC(=O)c2ccccc23)cc1OCc1ccccc1. The maximum atomic E-state index is 13.0. The minimum Gasteiger partial charge on any atom is -0.493 e. The van der Waals surface area contributed by atoms with E-state index in [0.29, 0.717) is 62.4 Å². The molecule has 2 heterocycles. The molecule has 3 aromatic carbocycles. The van der Waals surface area contributed by atoms with Crippen LogP contribution in [-0.2, 0) is 28.2 Å². The molecular weight excluding hydrogens is 442 g/mol. The van der Waals surface area contributed by atoms with E-state index in [4.69, 9.17) is 14.2 Å². The van der Waals surface area contributed by atoms with E-state index in [0.717, 1.165) is 16.7 Å². The third kappa shape index (κ3) is 4.74. The Morgan fingerprint density at radius 1 is 0.943 bits per heavy atom. The maximum absolute atomic E-state index is 13.0. The molecule has 2 aliphatic rings. The maximum Gasteiger partial charge on any atom is 0.339 e. The van der Waals surface area contributed by atoms with E-state index >= 15 is 0 Å². The van der Waals surface area contributed by atoms with Crippen molar-refractivity contribution in [1.82, 2.24) is 4.90 Å². The average molecular weight is 472 g/mol. The fraction of sp³-hybridized carbons (Fsp3) is 0.310. The summed E-state index contributed by atoms with van der Waals surface area (Å²) in [6, 6.07) is 23.4. The Morgan fingerprint density at radius 3 is 2.46 bits per heavy atom. The number of fused-ring (bicyclic) bond motifs is 2. The Bertz CT molecular complexity index is 1210. The molecule has 1 saturated heterocycles. The quantitative estimate of drug-likeness (QED) is 0.459. The molecule has 1 spiro atoms. The summed E-state index contributed by atoms with van der Waals surface area (Å²) < 4.78 is 17.3. The van der Waals surface area contributed by atoms with Crippen LogP contribution in [0.1, 0.15) is 46.3 Å². The zero-order valence-corrected chi connectivity index (χ0v) is 19.9. The highest BCUT2D eigenvalue weighted by atomic mass is 16.6. The number of benzene rings is 3. The van der Waals surface area contributed by atoms with Gasteiger partial charge in [-0.3, -0.25) is 4.79 Å². The van der Waals surface area contributed by atoms with Crippen LogP contribution >= 0.6 is 0 Å². The summed E-state index contributed by atoms with van der Waals surface area (Å²) >= 11 is 0. The number of nitrogens with zero attached hydrogens (tertiary/aromatic N) is 1. The van der Waals surface area contributed by atoms with Crippen LogP contribution in [0.25, 0.3) is 0 Å². The van der Waals surface area contributed by atoms with Crippen molar-refractivity contribution < 1.29 is 23.8 Å². The van der Waals surface area contributed by atoms with E-state index < -0.39 is 5.60 Å². The van der Waals surface area contributed by atoms with Crippen LogP contribution < -0.4 is 9.47 Å². The molecule has 5 rings (SSSR count). The molecular formula is C29H29NO5. The lowest BCUT2D eigenvalue weighted by molar-refractivity contribution is -0.135. The van der Waals surface area contributed by atoms with Gasteiger partial charge in [-0.25, -0.2) is 4.79 Å². The lowest BCUT2D eigenvalue weighted by atomic mass is 9.83. The van der Waals surface area contributed by atoms with Crippen molar-refractivity contribution in [3.05, 3.63) is 95.1 Å². The monoisotopic (exact) mass is 471 g/mol. The van der Waals surface area contributed by atoms with Crippen LogP contribution in [0.3, 0.4) is 0 Å². The topological polar surface area (TPSA) is 65.1 Å².